The number of hydrogen-bond donors (Lipinski definition) is 0. The summed E-state index contributed by atoms with van der Waals surface area (Å²) in [7, 11) is 0. The SMILES string of the molecule is Cc1ccc(F)c(C(=O)N2CCCC(=O)C2)c1. The number of rotatable bonds is 1. The number of amides is 1. The number of ketones is 1. The van der Waals surface area contributed by atoms with Crippen LogP contribution in [0.1, 0.15) is 28.8 Å². The van der Waals surface area contributed by atoms with Gasteiger partial charge in [-0.05, 0) is 25.5 Å². The van der Waals surface area contributed by atoms with Crippen LogP contribution in [0.5, 0.6) is 0 Å². The fourth-order valence-corrected chi connectivity index (χ4v) is 1.98. The van der Waals surface area contributed by atoms with Crippen LogP contribution in [0, 0.1) is 12.7 Å². The van der Waals surface area contributed by atoms with E-state index >= 15 is 0 Å². The van der Waals surface area contributed by atoms with Crippen LogP contribution in [0.15, 0.2) is 18.2 Å². The molecule has 1 amide bonds. The Morgan fingerprint density at radius 1 is 1.41 bits per heavy atom. The number of aryl methyl sites for hydroxylation is 1. The van der Waals surface area contributed by atoms with Crippen molar-refractivity contribution in [2.24, 2.45) is 0 Å². The molecule has 0 aliphatic carbocycles. The Morgan fingerprint density at radius 3 is 2.88 bits per heavy atom. The highest BCUT2D eigenvalue weighted by Gasteiger charge is 2.24. The van der Waals surface area contributed by atoms with Crippen molar-refractivity contribution in [3.63, 3.8) is 0 Å². The normalized spacial score (nSPS) is 16.1. The van der Waals surface area contributed by atoms with Crippen molar-refractivity contribution in [3.8, 4) is 0 Å². The van der Waals surface area contributed by atoms with Crippen molar-refractivity contribution < 1.29 is 14.0 Å². The summed E-state index contributed by atoms with van der Waals surface area (Å²) in [5.74, 6) is -0.879. The summed E-state index contributed by atoms with van der Waals surface area (Å²) in [4.78, 5) is 24.7. The Kier molecular flexibility index (Phi) is 3.22. The average Bonchev–Trinajstić information content (AvgIpc) is 2.31. The van der Waals surface area contributed by atoms with Crippen molar-refractivity contribution in [2.45, 2.75) is 19.8 Å². The minimum Gasteiger partial charge on any atom is -0.331 e. The number of nitrogens with zero attached hydrogens (tertiary/aromatic N) is 1. The van der Waals surface area contributed by atoms with Gasteiger partial charge in [0.05, 0.1) is 12.1 Å². The largest absolute Gasteiger partial charge is 0.331 e. The third-order valence-corrected chi connectivity index (χ3v) is 2.89. The van der Waals surface area contributed by atoms with Crippen LogP contribution in [0.4, 0.5) is 4.39 Å². The molecule has 0 aromatic heterocycles. The first-order chi connectivity index (χ1) is 8.08. The number of carbonyl (C=O) groups excluding carboxylic acids is 2. The van der Waals surface area contributed by atoms with Crippen molar-refractivity contribution >= 4 is 11.7 Å². The molecule has 1 aliphatic heterocycles. The molecule has 0 N–H and O–H groups in total. The first-order valence-electron chi connectivity index (χ1n) is 5.65. The topological polar surface area (TPSA) is 37.4 Å². The molecule has 0 bridgehead atoms. The molecule has 1 heterocycles. The van der Waals surface area contributed by atoms with Gasteiger partial charge in [0.2, 0.25) is 0 Å². The van der Waals surface area contributed by atoms with Gasteiger partial charge >= 0.3 is 0 Å². The molecular weight excluding hydrogens is 221 g/mol. The van der Waals surface area contributed by atoms with Crippen LogP contribution in [-0.2, 0) is 4.79 Å². The van der Waals surface area contributed by atoms with Gasteiger partial charge in [-0.15, -0.1) is 0 Å². The molecule has 1 aromatic rings. The summed E-state index contributed by atoms with van der Waals surface area (Å²) in [5.41, 5.74) is 0.887. The van der Waals surface area contributed by atoms with E-state index in [1.165, 1.54) is 17.0 Å². The molecule has 0 atom stereocenters. The molecule has 1 saturated heterocycles. The summed E-state index contributed by atoms with van der Waals surface area (Å²) in [6.45, 7) is 2.43. The Balaban J connectivity index is 2.24. The van der Waals surface area contributed by atoms with Crippen LogP contribution >= 0.6 is 0 Å². The third kappa shape index (κ3) is 2.52. The zero-order chi connectivity index (χ0) is 12.4. The van der Waals surface area contributed by atoms with Gasteiger partial charge in [0, 0.05) is 13.0 Å². The molecule has 0 saturated carbocycles. The summed E-state index contributed by atoms with van der Waals surface area (Å²) in [6.07, 6.45) is 1.18. The maximum Gasteiger partial charge on any atom is 0.257 e. The highest BCUT2D eigenvalue weighted by atomic mass is 19.1. The molecular formula is C13H14FNO2. The second-order valence-corrected chi connectivity index (χ2v) is 4.35. The Labute approximate surface area is 99.2 Å². The molecule has 1 fully saturated rings. The quantitative estimate of drug-likeness (QED) is 0.746. The van der Waals surface area contributed by atoms with Gasteiger partial charge in [-0.3, -0.25) is 9.59 Å². The second kappa shape index (κ2) is 4.65. The Bertz CT molecular complexity index is 470. The molecule has 0 spiro atoms. The molecule has 3 nitrogen and oxygen atoms in total. The van der Waals surface area contributed by atoms with E-state index in [0.717, 1.165) is 5.56 Å². The van der Waals surface area contributed by atoms with E-state index < -0.39 is 5.82 Å². The number of halogens is 1. The van der Waals surface area contributed by atoms with E-state index in [1.54, 1.807) is 13.0 Å². The first kappa shape index (κ1) is 11.8. The minimum atomic E-state index is -0.529. The minimum absolute atomic E-state index is 0.0395. The summed E-state index contributed by atoms with van der Waals surface area (Å²) >= 11 is 0. The lowest BCUT2D eigenvalue weighted by Crippen LogP contribution is -2.40. The Morgan fingerprint density at radius 2 is 2.18 bits per heavy atom. The van der Waals surface area contributed by atoms with E-state index in [0.29, 0.717) is 19.4 Å². The number of piperidine rings is 1. The van der Waals surface area contributed by atoms with Gasteiger partial charge in [0.25, 0.3) is 5.91 Å². The van der Waals surface area contributed by atoms with Gasteiger partial charge in [-0.25, -0.2) is 4.39 Å². The van der Waals surface area contributed by atoms with Crippen molar-refractivity contribution in [2.75, 3.05) is 13.1 Å². The van der Waals surface area contributed by atoms with E-state index in [4.69, 9.17) is 0 Å². The van der Waals surface area contributed by atoms with E-state index in [2.05, 4.69) is 0 Å². The van der Waals surface area contributed by atoms with Gasteiger partial charge in [-0.1, -0.05) is 11.6 Å². The van der Waals surface area contributed by atoms with Crippen LogP contribution in [0.3, 0.4) is 0 Å². The zero-order valence-corrected chi connectivity index (χ0v) is 9.70. The van der Waals surface area contributed by atoms with Crippen LogP contribution in [0.2, 0.25) is 0 Å². The van der Waals surface area contributed by atoms with Crippen molar-refractivity contribution in [1.29, 1.82) is 0 Å². The van der Waals surface area contributed by atoms with Crippen molar-refractivity contribution in [1.82, 2.24) is 4.90 Å². The lowest BCUT2D eigenvalue weighted by molar-refractivity contribution is -0.121. The molecule has 1 aliphatic rings. The van der Waals surface area contributed by atoms with Crippen LogP contribution in [-0.4, -0.2) is 29.7 Å². The number of likely N-dealkylation sites (tertiary alicyclic amines) is 1. The summed E-state index contributed by atoms with van der Waals surface area (Å²) in [6, 6.07) is 4.43. The van der Waals surface area contributed by atoms with Gasteiger partial charge in [0.15, 0.2) is 5.78 Å². The van der Waals surface area contributed by atoms with Gasteiger partial charge in [-0.2, -0.15) is 0 Å². The molecule has 2 rings (SSSR count). The monoisotopic (exact) mass is 235 g/mol. The number of Topliss-reactive ketones (excluding diaryl/α,β-unsaturated/α-hetero) is 1. The predicted octanol–water partition coefficient (Wildman–Crippen LogP) is 1.94. The fraction of sp³-hybridized carbons (Fsp3) is 0.385. The maximum atomic E-state index is 13.5. The molecule has 1 aromatic carbocycles. The number of hydrogen-bond acceptors (Lipinski definition) is 2. The fourth-order valence-electron chi connectivity index (χ4n) is 1.98. The summed E-state index contributed by atoms with van der Waals surface area (Å²) in [5, 5.41) is 0. The molecule has 17 heavy (non-hydrogen) atoms. The highest BCUT2D eigenvalue weighted by molar-refractivity contribution is 5.97. The van der Waals surface area contributed by atoms with E-state index in [1.807, 2.05) is 0 Å². The smallest absolute Gasteiger partial charge is 0.257 e. The second-order valence-electron chi connectivity index (χ2n) is 4.35. The van der Waals surface area contributed by atoms with Gasteiger partial charge < -0.3 is 4.90 Å². The Hall–Kier alpha value is -1.71. The van der Waals surface area contributed by atoms with E-state index in [-0.39, 0.29) is 23.8 Å². The van der Waals surface area contributed by atoms with Gasteiger partial charge in [0.1, 0.15) is 5.82 Å². The zero-order valence-electron chi connectivity index (χ0n) is 9.70. The lowest BCUT2D eigenvalue weighted by Gasteiger charge is -2.26. The lowest BCUT2D eigenvalue weighted by atomic mass is 10.1. The predicted molar refractivity (Wildman–Crippen MR) is 61.3 cm³/mol. The average molecular weight is 235 g/mol. The number of carbonyl (C=O) groups is 2. The molecule has 90 valence electrons. The van der Waals surface area contributed by atoms with Crippen LogP contribution < -0.4 is 0 Å². The molecule has 0 radical (unpaired) electrons. The standard InChI is InChI=1S/C13H14FNO2/c1-9-4-5-12(14)11(7-9)13(17)15-6-2-3-10(16)8-15/h4-5,7H,2-3,6,8H2,1H3. The maximum absolute atomic E-state index is 13.5. The highest BCUT2D eigenvalue weighted by Crippen LogP contribution is 2.15. The first-order valence-corrected chi connectivity index (χ1v) is 5.65. The van der Waals surface area contributed by atoms with Crippen molar-refractivity contribution in [3.05, 3.63) is 35.1 Å². The summed E-state index contributed by atoms with van der Waals surface area (Å²) < 4.78 is 13.5. The third-order valence-electron chi connectivity index (χ3n) is 2.89. The molecule has 4 heteroatoms. The van der Waals surface area contributed by atoms with E-state index in [9.17, 15) is 14.0 Å². The van der Waals surface area contributed by atoms with Crippen LogP contribution in [0.25, 0.3) is 0 Å². The number of benzene rings is 1. The molecule has 0 unspecified atom stereocenters.